The van der Waals surface area contributed by atoms with E-state index in [9.17, 15) is 0 Å². The Morgan fingerprint density at radius 3 is 1.12 bits per heavy atom. The second-order valence-corrected chi connectivity index (χ2v) is 2.31. The average Bonchev–Trinajstić information content (AvgIpc) is 1.72. The van der Waals surface area contributed by atoms with Crippen LogP contribution in [0.3, 0.4) is 0 Å². The summed E-state index contributed by atoms with van der Waals surface area (Å²) in [5, 5.41) is 0. The fraction of sp³-hybridized carbons (Fsp3) is 1.00. The number of hydrogen-bond acceptors (Lipinski definition) is 3. The van der Waals surface area contributed by atoms with Gasteiger partial charge in [0, 0.05) is 21.3 Å². The van der Waals surface area contributed by atoms with Gasteiger partial charge in [-0.25, -0.2) is 0 Å². The SMILES string of the molecule is COP(OC)OC.P. The van der Waals surface area contributed by atoms with Gasteiger partial charge in [-0.2, -0.15) is 9.90 Å². The van der Waals surface area contributed by atoms with Crippen LogP contribution in [0.15, 0.2) is 0 Å². The van der Waals surface area contributed by atoms with Gasteiger partial charge in [-0.15, -0.1) is 0 Å². The van der Waals surface area contributed by atoms with E-state index in [0.29, 0.717) is 0 Å². The van der Waals surface area contributed by atoms with E-state index in [4.69, 9.17) is 0 Å². The van der Waals surface area contributed by atoms with E-state index >= 15 is 0 Å². The maximum absolute atomic E-state index is 4.67. The second-order valence-electron chi connectivity index (χ2n) is 0.771. The molecular weight excluding hydrogens is 146 g/mol. The van der Waals surface area contributed by atoms with Gasteiger partial charge < -0.3 is 13.6 Å². The lowest BCUT2D eigenvalue weighted by atomic mass is 11.8. The Balaban J connectivity index is 0. The van der Waals surface area contributed by atoms with Crippen molar-refractivity contribution in [2.45, 2.75) is 0 Å². The quantitative estimate of drug-likeness (QED) is 0.578. The zero-order valence-electron chi connectivity index (χ0n) is 5.38. The van der Waals surface area contributed by atoms with Crippen LogP contribution >= 0.6 is 18.5 Å². The highest BCUT2D eigenvalue weighted by molar-refractivity contribution is 7.41. The summed E-state index contributed by atoms with van der Waals surface area (Å²) in [4.78, 5) is 0. The molecule has 0 aliphatic rings. The van der Waals surface area contributed by atoms with Crippen LogP contribution in [-0.4, -0.2) is 21.3 Å². The summed E-state index contributed by atoms with van der Waals surface area (Å²) >= 11 is 0. The van der Waals surface area contributed by atoms with Crippen molar-refractivity contribution in [2.24, 2.45) is 0 Å². The molecule has 0 spiro atoms. The van der Waals surface area contributed by atoms with Crippen molar-refractivity contribution < 1.29 is 13.6 Å². The van der Waals surface area contributed by atoms with E-state index in [2.05, 4.69) is 13.6 Å². The first kappa shape index (κ1) is 11.5. The van der Waals surface area contributed by atoms with Crippen LogP contribution in [0.5, 0.6) is 0 Å². The highest BCUT2D eigenvalue weighted by Gasteiger charge is 2.00. The Labute approximate surface area is 54.3 Å². The van der Waals surface area contributed by atoms with Crippen LogP contribution in [0, 0.1) is 0 Å². The fourth-order valence-electron chi connectivity index (χ4n) is 0.224. The van der Waals surface area contributed by atoms with Crippen molar-refractivity contribution in [3.8, 4) is 0 Å². The standard InChI is InChI=1S/C3H9O3P.H3P/c1-4-7(5-2)6-3;/h1-3H3;1H3. The summed E-state index contributed by atoms with van der Waals surface area (Å²) < 4.78 is 14.0. The molecule has 0 aliphatic carbocycles. The third-order valence-corrected chi connectivity index (χ3v) is 1.34. The molecule has 0 aromatic rings. The molecule has 0 aromatic carbocycles. The minimum Gasteiger partial charge on any atom is -0.316 e. The Bertz CT molecular complexity index is 34.0. The lowest BCUT2D eigenvalue weighted by Gasteiger charge is -2.05. The smallest absolute Gasteiger partial charge is 0.316 e. The molecule has 0 saturated carbocycles. The molecule has 0 bridgehead atoms. The van der Waals surface area contributed by atoms with Crippen LogP contribution in [0.2, 0.25) is 0 Å². The lowest BCUT2D eigenvalue weighted by Crippen LogP contribution is -1.81. The van der Waals surface area contributed by atoms with E-state index < -0.39 is 8.60 Å². The Kier molecular flexibility index (Phi) is 11.2. The molecule has 0 heterocycles. The molecule has 8 heavy (non-hydrogen) atoms. The minimum absolute atomic E-state index is 0. The first-order chi connectivity index (χ1) is 3.35. The molecule has 0 aromatic heterocycles. The topological polar surface area (TPSA) is 27.7 Å². The Morgan fingerprint density at radius 2 is 1.12 bits per heavy atom. The van der Waals surface area contributed by atoms with Crippen LogP contribution < -0.4 is 0 Å². The van der Waals surface area contributed by atoms with Crippen LogP contribution in [0.1, 0.15) is 0 Å². The first-order valence-electron chi connectivity index (χ1n) is 1.77. The fourth-order valence-corrected chi connectivity index (χ4v) is 0.671. The molecule has 1 unspecified atom stereocenters. The second kappa shape index (κ2) is 7.74. The third kappa shape index (κ3) is 4.89. The summed E-state index contributed by atoms with van der Waals surface area (Å²) in [6, 6.07) is 0. The van der Waals surface area contributed by atoms with Gasteiger partial charge in [-0.1, -0.05) is 0 Å². The third-order valence-electron chi connectivity index (χ3n) is 0.447. The molecule has 0 rings (SSSR count). The van der Waals surface area contributed by atoms with Gasteiger partial charge in [-0.3, -0.25) is 0 Å². The molecule has 0 amide bonds. The van der Waals surface area contributed by atoms with Crippen molar-refractivity contribution in [1.82, 2.24) is 0 Å². The Morgan fingerprint density at radius 1 is 0.875 bits per heavy atom. The highest BCUT2D eigenvalue weighted by Crippen LogP contribution is 2.35. The lowest BCUT2D eigenvalue weighted by molar-refractivity contribution is 0.239. The minimum atomic E-state index is -1.05. The summed E-state index contributed by atoms with van der Waals surface area (Å²) in [6.45, 7) is 0. The zero-order valence-corrected chi connectivity index (χ0v) is 7.69. The van der Waals surface area contributed by atoms with Crippen molar-refractivity contribution >= 4 is 18.5 Å². The monoisotopic (exact) mass is 158 g/mol. The van der Waals surface area contributed by atoms with Crippen molar-refractivity contribution in [1.29, 1.82) is 0 Å². The maximum Gasteiger partial charge on any atom is 0.331 e. The van der Waals surface area contributed by atoms with Crippen LogP contribution in [0.25, 0.3) is 0 Å². The van der Waals surface area contributed by atoms with Gasteiger partial charge in [0.15, 0.2) is 0 Å². The van der Waals surface area contributed by atoms with Gasteiger partial charge in [-0.05, 0) is 0 Å². The molecule has 0 aliphatic heterocycles. The molecule has 0 radical (unpaired) electrons. The van der Waals surface area contributed by atoms with E-state index in [1.54, 1.807) is 21.3 Å². The summed E-state index contributed by atoms with van der Waals surface area (Å²) in [6.07, 6.45) is 0. The van der Waals surface area contributed by atoms with Crippen LogP contribution in [0.4, 0.5) is 0 Å². The van der Waals surface area contributed by atoms with E-state index in [0.717, 1.165) is 0 Å². The molecule has 0 saturated heterocycles. The van der Waals surface area contributed by atoms with Crippen molar-refractivity contribution in [3.05, 3.63) is 0 Å². The Hall–Kier alpha value is 0.740. The average molecular weight is 158 g/mol. The molecule has 52 valence electrons. The van der Waals surface area contributed by atoms with Crippen molar-refractivity contribution in [3.63, 3.8) is 0 Å². The molecule has 0 N–H and O–H groups in total. The van der Waals surface area contributed by atoms with E-state index in [1.165, 1.54) is 0 Å². The molecule has 5 heteroatoms. The summed E-state index contributed by atoms with van der Waals surface area (Å²) in [5.41, 5.74) is 0. The van der Waals surface area contributed by atoms with Gasteiger partial charge in [0.2, 0.25) is 0 Å². The summed E-state index contributed by atoms with van der Waals surface area (Å²) in [7, 11) is 3.57. The molecule has 0 fully saturated rings. The van der Waals surface area contributed by atoms with Gasteiger partial charge >= 0.3 is 8.60 Å². The molecule has 3 nitrogen and oxygen atoms in total. The highest BCUT2D eigenvalue weighted by atomic mass is 31.2. The molecular formula is C3H12O3P2. The van der Waals surface area contributed by atoms with Gasteiger partial charge in [0.25, 0.3) is 0 Å². The van der Waals surface area contributed by atoms with E-state index in [1.807, 2.05) is 0 Å². The number of hydrogen-bond donors (Lipinski definition) is 0. The largest absolute Gasteiger partial charge is 0.331 e. The predicted octanol–water partition coefficient (Wildman–Crippen LogP) is 1.21. The normalized spacial score (nSPS) is 9.00. The molecule has 1 atom stereocenters. The zero-order chi connectivity index (χ0) is 5.70. The number of rotatable bonds is 3. The summed E-state index contributed by atoms with van der Waals surface area (Å²) in [5.74, 6) is 0. The van der Waals surface area contributed by atoms with E-state index in [-0.39, 0.29) is 9.90 Å². The maximum atomic E-state index is 4.67. The van der Waals surface area contributed by atoms with Gasteiger partial charge in [0.1, 0.15) is 0 Å². The van der Waals surface area contributed by atoms with Gasteiger partial charge in [0.05, 0.1) is 0 Å². The predicted molar refractivity (Wildman–Crippen MR) is 39.1 cm³/mol. The van der Waals surface area contributed by atoms with Crippen LogP contribution in [-0.2, 0) is 13.6 Å². The first-order valence-corrected chi connectivity index (χ1v) is 2.87. The van der Waals surface area contributed by atoms with Crippen molar-refractivity contribution in [2.75, 3.05) is 21.3 Å².